The fourth-order valence-electron chi connectivity index (χ4n) is 3.66. The third kappa shape index (κ3) is 3.98. The molecule has 1 amide bonds. The third-order valence-corrected chi connectivity index (χ3v) is 6.25. The van der Waals surface area contributed by atoms with Crippen LogP contribution in [0.2, 0.25) is 0 Å². The molecule has 0 saturated carbocycles. The van der Waals surface area contributed by atoms with Crippen molar-refractivity contribution in [2.45, 2.75) is 34.1 Å². The number of hydrogen-bond acceptors (Lipinski definition) is 3. The Bertz CT molecular complexity index is 1170. The lowest BCUT2D eigenvalue weighted by molar-refractivity contribution is -0.115. The average Bonchev–Trinajstić information content (AvgIpc) is 3.21. The number of benzene rings is 2. The van der Waals surface area contributed by atoms with Gasteiger partial charge in [-0.05, 0) is 86.0 Å². The number of rotatable bonds is 4. The van der Waals surface area contributed by atoms with Crippen LogP contribution in [0.25, 0.3) is 11.8 Å². The molecule has 0 aliphatic carbocycles. The van der Waals surface area contributed by atoms with Crippen molar-refractivity contribution in [1.29, 1.82) is 0 Å². The fourth-order valence-corrected chi connectivity index (χ4v) is 4.50. The number of amidine groups is 1. The van der Waals surface area contributed by atoms with Crippen LogP contribution < -0.4 is 5.32 Å². The summed E-state index contributed by atoms with van der Waals surface area (Å²) in [5, 5.41) is 3.50. The predicted octanol–water partition coefficient (Wildman–Crippen LogP) is 5.86. The van der Waals surface area contributed by atoms with Gasteiger partial charge in [-0.1, -0.05) is 37.3 Å². The Balaban J connectivity index is 1.62. The zero-order chi connectivity index (χ0) is 21.3. The van der Waals surface area contributed by atoms with Crippen molar-refractivity contribution in [2.75, 3.05) is 0 Å². The predicted molar refractivity (Wildman–Crippen MR) is 127 cm³/mol. The van der Waals surface area contributed by atoms with E-state index in [-0.39, 0.29) is 5.91 Å². The molecule has 1 saturated heterocycles. The second-order valence-electron chi connectivity index (χ2n) is 7.45. The first-order chi connectivity index (χ1) is 14.5. The van der Waals surface area contributed by atoms with E-state index >= 15 is 0 Å². The number of para-hydroxylation sites is 1. The molecular formula is C25H25N3OS. The van der Waals surface area contributed by atoms with Gasteiger partial charge in [0.25, 0.3) is 5.91 Å². The first-order valence-corrected chi connectivity index (χ1v) is 10.9. The largest absolute Gasteiger partial charge is 0.318 e. The highest BCUT2D eigenvalue weighted by molar-refractivity contribution is 8.18. The van der Waals surface area contributed by atoms with Crippen molar-refractivity contribution < 1.29 is 4.79 Å². The Kier molecular flexibility index (Phi) is 5.64. The van der Waals surface area contributed by atoms with Gasteiger partial charge >= 0.3 is 0 Å². The van der Waals surface area contributed by atoms with E-state index in [1.54, 1.807) is 0 Å². The molecule has 152 valence electrons. The highest BCUT2D eigenvalue weighted by atomic mass is 32.2. The summed E-state index contributed by atoms with van der Waals surface area (Å²) >= 11 is 1.38. The average molecular weight is 416 g/mol. The second-order valence-corrected chi connectivity index (χ2v) is 8.48. The number of amides is 1. The SMILES string of the molecule is CCc1ccc(N=C2NC(=O)/C(=C/c3cc(C)n(-c4ccccc4C)c3C)S2)cc1. The maximum Gasteiger partial charge on any atom is 0.264 e. The van der Waals surface area contributed by atoms with Crippen molar-refractivity contribution in [2.24, 2.45) is 4.99 Å². The smallest absolute Gasteiger partial charge is 0.264 e. The Hall–Kier alpha value is -3.05. The quantitative estimate of drug-likeness (QED) is 0.543. The van der Waals surface area contributed by atoms with Crippen molar-refractivity contribution in [1.82, 2.24) is 9.88 Å². The molecule has 4 nitrogen and oxygen atoms in total. The summed E-state index contributed by atoms with van der Waals surface area (Å²) < 4.78 is 2.24. The van der Waals surface area contributed by atoms with Crippen molar-refractivity contribution >= 4 is 34.6 Å². The van der Waals surface area contributed by atoms with Gasteiger partial charge in [-0.25, -0.2) is 4.99 Å². The van der Waals surface area contributed by atoms with Crippen LogP contribution in [0.4, 0.5) is 5.69 Å². The molecule has 0 unspecified atom stereocenters. The molecule has 0 bridgehead atoms. The summed E-state index contributed by atoms with van der Waals surface area (Å²) in [5.41, 5.74) is 7.79. The maximum absolute atomic E-state index is 12.5. The van der Waals surface area contributed by atoms with E-state index in [0.29, 0.717) is 10.1 Å². The van der Waals surface area contributed by atoms with E-state index in [1.807, 2.05) is 24.3 Å². The van der Waals surface area contributed by atoms with Crippen LogP contribution in [0.15, 0.2) is 64.5 Å². The fraction of sp³-hybridized carbons (Fsp3) is 0.200. The molecule has 0 radical (unpaired) electrons. The minimum Gasteiger partial charge on any atom is -0.318 e. The number of carbonyl (C=O) groups excluding carboxylic acids is 1. The summed E-state index contributed by atoms with van der Waals surface area (Å²) in [6.07, 6.45) is 2.95. The van der Waals surface area contributed by atoms with Crippen LogP contribution in [-0.4, -0.2) is 15.6 Å². The number of aryl methyl sites for hydroxylation is 3. The number of thioether (sulfide) groups is 1. The van der Waals surface area contributed by atoms with Crippen LogP contribution in [0, 0.1) is 20.8 Å². The monoisotopic (exact) mass is 415 g/mol. The van der Waals surface area contributed by atoms with Crippen molar-refractivity contribution in [3.63, 3.8) is 0 Å². The minimum atomic E-state index is -0.107. The van der Waals surface area contributed by atoms with Crippen LogP contribution in [-0.2, 0) is 11.2 Å². The molecule has 1 fully saturated rings. The van der Waals surface area contributed by atoms with E-state index in [1.165, 1.54) is 28.6 Å². The number of nitrogens with one attached hydrogen (secondary N) is 1. The Morgan fingerprint density at radius 2 is 1.80 bits per heavy atom. The second kappa shape index (κ2) is 8.36. The van der Waals surface area contributed by atoms with Crippen molar-refractivity contribution in [3.8, 4) is 5.69 Å². The van der Waals surface area contributed by atoms with Crippen LogP contribution in [0.1, 0.15) is 35.0 Å². The van der Waals surface area contributed by atoms with E-state index in [0.717, 1.165) is 29.1 Å². The molecule has 3 aromatic rings. The third-order valence-electron chi connectivity index (χ3n) is 5.34. The van der Waals surface area contributed by atoms with Gasteiger partial charge in [-0.15, -0.1) is 0 Å². The van der Waals surface area contributed by atoms with Gasteiger partial charge < -0.3 is 9.88 Å². The molecule has 2 heterocycles. The Morgan fingerprint density at radius 3 is 2.50 bits per heavy atom. The molecule has 1 N–H and O–H groups in total. The molecule has 1 aromatic heterocycles. The zero-order valence-corrected chi connectivity index (χ0v) is 18.5. The van der Waals surface area contributed by atoms with Gasteiger partial charge in [0, 0.05) is 17.1 Å². The van der Waals surface area contributed by atoms with Gasteiger partial charge in [0.15, 0.2) is 5.17 Å². The summed E-state index contributed by atoms with van der Waals surface area (Å²) in [7, 11) is 0. The summed E-state index contributed by atoms with van der Waals surface area (Å²) in [6, 6.07) is 18.6. The molecule has 30 heavy (non-hydrogen) atoms. The van der Waals surface area contributed by atoms with Crippen LogP contribution in [0.5, 0.6) is 0 Å². The van der Waals surface area contributed by atoms with Gasteiger partial charge in [0.05, 0.1) is 10.6 Å². The molecule has 0 atom stereocenters. The highest BCUT2D eigenvalue weighted by Crippen LogP contribution is 2.31. The molecule has 2 aromatic carbocycles. The molecular weight excluding hydrogens is 390 g/mol. The number of aromatic nitrogens is 1. The van der Waals surface area contributed by atoms with Gasteiger partial charge in [0.1, 0.15) is 0 Å². The van der Waals surface area contributed by atoms with E-state index in [4.69, 9.17) is 0 Å². The van der Waals surface area contributed by atoms with E-state index < -0.39 is 0 Å². The molecule has 1 aliphatic heterocycles. The molecule has 0 spiro atoms. The summed E-state index contributed by atoms with van der Waals surface area (Å²) in [5.74, 6) is -0.107. The Morgan fingerprint density at radius 1 is 1.07 bits per heavy atom. The van der Waals surface area contributed by atoms with Gasteiger partial charge in [0.2, 0.25) is 0 Å². The van der Waals surface area contributed by atoms with Gasteiger partial charge in [-0.2, -0.15) is 0 Å². The van der Waals surface area contributed by atoms with Gasteiger partial charge in [-0.3, -0.25) is 4.79 Å². The Labute approximate surface area is 181 Å². The summed E-state index contributed by atoms with van der Waals surface area (Å²) in [4.78, 5) is 17.8. The number of aliphatic imine (C=N–C) groups is 1. The maximum atomic E-state index is 12.5. The molecule has 5 heteroatoms. The van der Waals surface area contributed by atoms with Crippen LogP contribution >= 0.6 is 11.8 Å². The zero-order valence-electron chi connectivity index (χ0n) is 17.7. The lowest BCUT2D eigenvalue weighted by Gasteiger charge is -2.12. The lowest BCUT2D eigenvalue weighted by atomic mass is 10.2. The number of carbonyl (C=O) groups is 1. The van der Waals surface area contributed by atoms with E-state index in [2.05, 4.69) is 79.0 Å². The molecule has 1 aliphatic rings. The summed E-state index contributed by atoms with van der Waals surface area (Å²) in [6.45, 7) is 8.42. The minimum absolute atomic E-state index is 0.107. The normalized spacial score (nSPS) is 16.5. The van der Waals surface area contributed by atoms with E-state index in [9.17, 15) is 4.79 Å². The standard InChI is InChI=1S/C25H25N3OS/c1-5-19-10-12-21(13-11-19)26-25-27-24(29)23(30-25)15-20-14-17(3)28(18(20)4)22-9-7-6-8-16(22)2/h6-15H,5H2,1-4H3,(H,26,27,29)/b23-15-. The number of hydrogen-bond donors (Lipinski definition) is 1. The van der Waals surface area contributed by atoms with Crippen molar-refractivity contribution in [3.05, 3.63) is 87.6 Å². The highest BCUT2D eigenvalue weighted by Gasteiger charge is 2.24. The first-order valence-electron chi connectivity index (χ1n) is 10.1. The topological polar surface area (TPSA) is 46.4 Å². The van der Waals surface area contributed by atoms with Crippen LogP contribution in [0.3, 0.4) is 0 Å². The lowest BCUT2D eigenvalue weighted by Crippen LogP contribution is -2.19. The first kappa shape index (κ1) is 20.2. The number of nitrogens with zero attached hydrogens (tertiary/aromatic N) is 2. The molecule has 4 rings (SSSR count).